The Balaban J connectivity index is 1.69. The molecule has 2 aromatic carbocycles. The lowest BCUT2D eigenvalue weighted by molar-refractivity contribution is -0.138. The Kier molecular flexibility index (Phi) is 8.08. The number of ether oxygens (including phenoxy) is 1. The fraction of sp³-hybridized carbons (Fsp3) is 0.308. The van der Waals surface area contributed by atoms with Crippen LogP contribution < -0.4 is 10.1 Å². The molecule has 1 atom stereocenters. The van der Waals surface area contributed by atoms with Crippen LogP contribution in [0.3, 0.4) is 0 Å². The molecule has 0 radical (unpaired) electrons. The predicted octanol–water partition coefficient (Wildman–Crippen LogP) is 5.01. The second kappa shape index (κ2) is 11.4. The fourth-order valence-corrected chi connectivity index (χ4v) is 4.39. The largest absolute Gasteiger partial charge is 0.489 e. The van der Waals surface area contributed by atoms with Crippen molar-refractivity contribution in [2.45, 2.75) is 18.9 Å². The Morgan fingerprint density at radius 1 is 1.09 bits per heavy atom. The molecule has 0 aliphatic carbocycles. The number of halogens is 3. The van der Waals surface area contributed by atoms with E-state index in [1.807, 2.05) is 0 Å². The summed E-state index contributed by atoms with van der Waals surface area (Å²) in [6, 6.07) is 14.0. The van der Waals surface area contributed by atoms with Gasteiger partial charge in [-0.3, -0.25) is 9.78 Å². The number of amides is 1. The number of carbonyl (C=O) groups is 1. The first-order chi connectivity index (χ1) is 16.5. The van der Waals surface area contributed by atoms with Gasteiger partial charge in [-0.25, -0.2) is 8.78 Å². The predicted molar refractivity (Wildman–Crippen MR) is 127 cm³/mol. The van der Waals surface area contributed by atoms with Crippen molar-refractivity contribution in [3.05, 3.63) is 94.8 Å². The molecule has 1 N–H and O–H groups in total. The summed E-state index contributed by atoms with van der Waals surface area (Å²) in [6.07, 6.45) is 4.02. The highest BCUT2D eigenvalue weighted by atomic mass is 35.5. The van der Waals surface area contributed by atoms with E-state index in [1.54, 1.807) is 47.4 Å². The van der Waals surface area contributed by atoms with Gasteiger partial charge in [-0.15, -0.1) is 0 Å². The highest BCUT2D eigenvalue weighted by molar-refractivity contribution is 6.30. The van der Waals surface area contributed by atoms with Gasteiger partial charge in [-0.1, -0.05) is 35.9 Å². The Morgan fingerprint density at radius 2 is 1.82 bits per heavy atom. The van der Waals surface area contributed by atoms with Crippen LogP contribution in [0.25, 0.3) is 0 Å². The van der Waals surface area contributed by atoms with Gasteiger partial charge < -0.3 is 15.0 Å². The highest BCUT2D eigenvalue weighted by Crippen LogP contribution is 2.33. The number of aromatic nitrogens is 1. The number of para-hydroxylation sites is 1. The first kappa shape index (κ1) is 24.1. The van der Waals surface area contributed by atoms with Crippen molar-refractivity contribution in [1.82, 2.24) is 15.2 Å². The van der Waals surface area contributed by atoms with Crippen molar-refractivity contribution < 1.29 is 18.3 Å². The van der Waals surface area contributed by atoms with Crippen LogP contribution in [0.1, 0.15) is 30.0 Å². The van der Waals surface area contributed by atoms with Crippen molar-refractivity contribution in [3.8, 4) is 5.75 Å². The van der Waals surface area contributed by atoms with Gasteiger partial charge in [0.05, 0.1) is 18.8 Å². The standard InChI is InChI=1S/C26H26ClF2N3O2/c27-20-7-5-18(6-8-20)25(21-11-14-31-17-23(21)29)32(26(33)19-9-12-30-13-10-19)15-16-34-24-4-2-1-3-22(24)28/h1-8,11,14,17,19,25,30H,9-10,12-13,15-16H2. The molecule has 0 bridgehead atoms. The highest BCUT2D eigenvalue weighted by Gasteiger charge is 2.33. The number of benzene rings is 2. The smallest absolute Gasteiger partial charge is 0.226 e. The summed E-state index contributed by atoms with van der Waals surface area (Å²) >= 11 is 6.10. The minimum atomic E-state index is -0.716. The SMILES string of the molecule is O=C(C1CCNCC1)N(CCOc1ccccc1F)C(c1ccc(Cl)cc1)c1ccncc1F. The van der Waals surface area contributed by atoms with Crippen molar-refractivity contribution >= 4 is 17.5 Å². The van der Waals surface area contributed by atoms with Crippen LogP contribution in [0.5, 0.6) is 5.75 Å². The van der Waals surface area contributed by atoms with Gasteiger partial charge in [0.1, 0.15) is 12.4 Å². The number of hydrogen-bond acceptors (Lipinski definition) is 4. The Hall–Kier alpha value is -3.03. The van der Waals surface area contributed by atoms with Gasteiger partial charge in [0.2, 0.25) is 5.91 Å². The van der Waals surface area contributed by atoms with Crippen molar-refractivity contribution in [3.63, 3.8) is 0 Å². The lowest BCUT2D eigenvalue weighted by Crippen LogP contribution is -2.45. The van der Waals surface area contributed by atoms with Crippen molar-refractivity contribution in [1.29, 1.82) is 0 Å². The van der Waals surface area contributed by atoms with Gasteiger partial charge in [-0.05, 0) is 61.8 Å². The summed E-state index contributed by atoms with van der Waals surface area (Å²) in [5.41, 5.74) is 1.04. The van der Waals surface area contributed by atoms with E-state index in [-0.39, 0.29) is 30.7 Å². The lowest BCUT2D eigenvalue weighted by atomic mass is 9.92. The van der Waals surface area contributed by atoms with E-state index in [0.717, 1.165) is 19.3 Å². The molecule has 8 heteroatoms. The molecule has 2 heterocycles. The van der Waals surface area contributed by atoms with Crippen LogP contribution in [-0.2, 0) is 4.79 Å². The molecule has 1 saturated heterocycles. The minimum absolute atomic E-state index is 0.0500. The number of hydrogen-bond donors (Lipinski definition) is 1. The molecule has 178 valence electrons. The summed E-state index contributed by atoms with van der Waals surface area (Å²) in [6.45, 7) is 1.68. The van der Waals surface area contributed by atoms with Crippen LogP contribution >= 0.6 is 11.6 Å². The minimum Gasteiger partial charge on any atom is -0.489 e. The molecular formula is C26H26ClF2N3O2. The van der Waals surface area contributed by atoms with E-state index in [0.29, 0.717) is 29.0 Å². The maximum atomic E-state index is 15.0. The summed E-state index contributed by atoms with van der Waals surface area (Å²) in [5.74, 6) is -1.17. The van der Waals surface area contributed by atoms with E-state index in [9.17, 15) is 13.6 Å². The average molecular weight is 486 g/mol. The molecule has 0 saturated carbocycles. The molecule has 1 fully saturated rings. The maximum Gasteiger partial charge on any atom is 0.226 e. The molecule has 1 unspecified atom stereocenters. The summed E-state index contributed by atoms with van der Waals surface area (Å²) in [7, 11) is 0. The molecular weight excluding hydrogens is 460 g/mol. The Bertz CT molecular complexity index is 1110. The molecule has 1 aromatic heterocycles. The zero-order valence-electron chi connectivity index (χ0n) is 18.6. The maximum absolute atomic E-state index is 15.0. The van der Waals surface area contributed by atoms with E-state index in [2.05, 4.69) is 10.3 Å². The van der Waals surface area contributed by atoms with Crippen molar-refractivity contribution in [2.75, 3.05) is 26.2 Å². The first-order valence-corrected chi connectivity index (χ1v) is 11.7. The zero-order valence-corrected chi connectivity index (χ0v) is 19.3. The lowest BCUT2D eigenvalue weighted by Gasteiger charge is -2.36. The summed E-state index contributed by atoms with van der Waals surface area (Å²) in [4.78, 5) is 19.3. The quantitative estimate of drug-likeness (QED) is 0.487. The van der Waals surface area contributed by atoms with Crippen LogP contribution in [0.4, 0.5) is 8.78 Å². The van der Waals surface area contributed by atoms with Crippen LogP contribution in [-0.4, -0.2) is 42.0 Å². The number of carbonyl (C=O) groups excluding carboxylic acids is 1. The molecule has 3 aromatic rings. The fourth-order valence-electron chi connectivity index (χ4n) is 4.27. The second-order valence-corrected chi connectivity index (χ2v) is 8.62. The monoisotopic (exact) mass is 485 g/mol. The van der Waals surface area contributed by atoms with Crippen molar-refractivity contribution in [2.24, 2.45) is 5.92 Å². The Morgan fingerprint density at radius 3 is 2.53 bits per heavy atom. The van der Waals surface area contributed by atoms with E-state index in [1.165, 1.54) is 18.3 Å². The molecule has 34 heavy (non-hydrogen) atoms. The van der Waals surface area contributed by atoms with Gasteiger partial charge in [0.15, 0.2) is 11.6 Å². The second-order valence-electron chi connectivity index (χ2n) is 8.19. The van der Waals surface area contributed by atoms with E-state index < -0.39 is 17.7 Å². The van der Waals surface area contributed by atoms with E-state index >= 15 is 0 Å². The van der Waals surface area contributed by atoms with Gasteiger partial charge >= 0.3 is 0 Å². The Labute approximate surface area is 202 Å². The molecule has 0 spiro atoms. The third-order valence-electron chi connectivity index (χ3n) is 5.99. The van der Waals surface area contributed by atoms with Gasteiger partial charge in [0, 0.05) is 22.7 Å². The molecule has 5 nitrogen and oxygen atoms in total. The van der Waals surface area contributed by atoms with E-state index in [4.69, 9.17) is 16.3 Å². The molecule has 4 rings (SSSR count). The number of nitrogens with zero attached hydrogens (tertiary/aromatic N) is 2. The third-order valence-corrected chi connectivity index (χ3v) is 6.25. The number of nitrogens with one attached hydrogen (secondary N) is 1. The molecule has 1 aliphatic heterocycles. The zero-order chi connectivity index (χ0) is 23.9. The first-order valence-electron chi connectivity index (χ1n) is 11.3. The third kappa shape index (κ3) is 5.72. The number of piperidine rings is 1. The van der Waals surface area contributed by atoms with Crippen LogP contribution in [0, 0.1) is 17.6 Å². The normalized spacial score (nSPS) is 15.0. The average Bonchev–Trinajstić information content (AvgIpc) is 2.86. The summed E-state index contributed by atoms with van der Waals surface area (Å²) in [5, 5.41) is 3.81. The van der Waals surface area contributed by atoms with Gasteiger partial charge in [-0.2, -0.15) is 0 Å². The number of rotatable bonds is 8. The molecule has 1 amide bonds. The topological polar surface area (TPSA) is 54.5 Å². The van der Waals surface area contributed by atoms with Crippen LogP contribution in [0.2, 0.25) is 5.02 Å². The number of pyridine rings is 1. The van der Waals surface area contributed by atoms with Crippen LogP contribution in [0.15, 0.2) is 67.0 Å². The van der Waals surface area contributed by atoms with Gasteiger partial charge in [0.25, 0.3) is 0 Å². The molecule has 1 aliphatic rings. The summed E-state index contributed by atoms with van der Waals surface area (Å²) < 4.78 is 34.7.